The number of halogens is 1. The Bertz CT molecular complexity index is 870. The molecule has 1 aliphatic heterocycles. The molecule has 0 unspecified atom stereocenters. The van der Waals surface area contributed by atoms with Gasteiger partial charge in [-0.1, -0.05) is 43.7 Å². The first-order valence-corrected chi connectivity index (χ1v) is 11.3. The van der Waals surface area contributed by atoms with Crippen molar-refractivity contribution in [3.8, 4) is 0 Å². The van der Waals surface area contributed by atoms with Crippen LogP contribution < -0.4 is 5.32 Å². The highest BCUT2D eigenvalue weighted by molar-refractivity contribution is 6.31. The summed E-state index contributed by atoms with van der Waals surface area (Å²) in [5, 5.41) is 5.04. The summed E-state index contributed by atoms with van der Waals surface area (Å²) in [6.07, 6.45) is 11.4. The largest absolute Gasteiger partial charge is 0.361 e. The minimum atomic E-state index is -0.217. The number of nitrogens with zero attached hydrogens (tertiary/aromatic N) is 1. The van der Waals surface area contributed by atoms with Crippen LogP contribution in [-0.2, 0) is 16.0 Å². The number of hydrogen-bond donors (Lipinski definition) is 2. The third-order valence-electron chi connectivity index (χ3n) is 6.42. The summed E-state index contributed by atoms with van der Waals surface area (Å²) in [7, 11) is 0. The number of amides is 2. The van der Waals surface area contributed by atoms with E-state index in [1.54, 1.807) is 0 Å². The van der Waals surface area contributed by atoms with Crippen LogP contribution in [0.1, 0.15) is 56.9 Å². The van der Waals surface area contributed by atoms with Crippen molar-refractivity contribution in [2.75, 3.05) is 13.1 Å². The molecular formula is C23H30ClN3O2. The van der Waals surface area contributed by atoms with Gasteiger partial charge in [-0.05, 0) is 43.0 Å². The Labute approximate surface area is 177 Å². The predicted octanol–water partition coefficient (Wildman–Crippen LogP) is 4.44. The number of carbonyl (C=O) groups is 2. The first kappa shape index (κ1) is 20.3. The summed E-state index contributed by atoms with van der Waals surface area (Å²) in [6, 6.07) is 6.08. The molecule has 29 heavy (non-hydrogen) atoms. The van der Waals surface area contributed by atoms with Crippen molar-refractivity contribution in [1.29, 1.82) is 0 Å². The molecule has 2 aromatic rings. The number of rotatable bonds is 5. The molecule has 0 spiro atoms. The Morgan fingerprint density at radius 2 is 1.93 bits per heavy atom. The lowest BCUT2D eigenvalue weighted by molar-refractivity contribution is -0.129. The molecule has 2 amide bonds. The van der Waals surface area contributed by atoms with Crippen LogP contribution in [0.4, 0.5) is 0 Å². The van der Waals surface area contributed by atoms with Gasteiger partial charge in [0, 0.05) is 47.7 Å². The van der Waals surface area contributed by atoms with Gasteiger partial charge in [0.25, 0.3) is 0 Å². The molecule has 1 saturated carbocycles. The lowest BCUT2D eigenvalue weighted by Gasteiger charge is -2.23. The summed E-state index contributed by atoms with van der Waals surface area (Å²) in [4.78, 5) is 30.3. The maximum Gasteiger partial charge on any atom is 0.225 e. The molecule has 6 heteroatoms. The van der Waals surface area contributed by atoms with Crippen LogP contribution in [0.5, 0.6) is 0 Å². The molecule has 5 nitrogen and oxygen atoms in total. The zero-order valence-corrected chi connectivity index (χ0v) is 17.6. The van der Waals surface area contributed by atoms with Crippen molar-refractivity contribution in [2.45, 2.75) is 63.8 Å². The number of fused-ring (bicyclic) bond motifs is 1. The fourth-order valence-electron chi connectivity index (χ4n) is 4.70. The molecule has 0 radical (unpaired) electrons. The van der Waals surface area contributed by atoms with Crippen molar-refractivity contribution in [3.05, 3.63) is 35.0 Å². The fraction of sp³-hybridized carbons (Fsp3) is 0.565. The Hall–Kier alpha value is -2.01. The minimum absolute atomic E-state index is 0.0605. The van der Waals surface area contributed by atoms with Crippen LogP contribution >= 0.6 is 11.6 Å². The number of carbonyl (C=O) groups excluding carboxylic acids is 2. The van der Waals surface area contributed by atoms with Gasteiger partial charge in [-0.25, -0.2) is 0 Å². The molecular weight excluding hydrogens is 386 g/mol. The van der Waals surface area contributed by atoms with Gasteiger partial charge in [0.1, 0.15) is 0 Å². The number of aromatic nitrogens is 1. The number of nitrogens with one attached hydrogen (secondary N) is 2. The van der Waals surface area contributed by atoms with E-state index in [1.807, 2.05) is 29.3 Å². The molecule has 2 N–H and O–H groups in total. The van der Waals surface area contributed by atoms with Gasteiger partial charge in [-0.15, -0.1) is 0 Å². The molecule has 1 aromatic carbocycles. The lowest BCUT2D eigenvalue weighted by Crippen LogP contribution is -2.40. The second-order valence-corrected chi connectivity index (χ2v) is 8.98. The maximum absolute atomic E-state index is 12.7. The van der Waals surface area contributed by atoms with E-state index in [-0.39, 0.29) is 23.8 Å². The van der Waals surface area contributed by atoms with Gasteiger partial charge in [-0.2, -0.15) is 0 Å². The van der Waals surface area contributed by atoms with E-state index >= 15 is 0 Å². The zero-order chi connectivity index (χ0) is 20.2. The molecule has 1 aliphatic carbocycles. The fourth-order valence-corrected chi connectivity index (χ4v) is 4.87. The second kappa shape index (κ2) is 9.21. The Kier molecular flexibility index (Phi) is 6.43. The van der Waals surface area contributed by atoms with Gasteiger partial charge < -0.3 is 15.2 Å². The van der Waals surface area contributed by atoms with E-state index in [1.165, 1.54) is 32.1 Å². The summed E-state index contributed by atoms with van der Waals surface area (Å²) >= 11 is 6.13. The topological polar surface area (TPSA) is 65.2 Å². The van der Waals surface area contributed by atoms with Crippen LogP contribution in [0.25, 0.3) is 10.9 Å². The van der Waals surface area contributed by atoms with Crippen LogP contribution in [0.15, 0.2) is 24.4 Å². The molecule has 2 fully saturated rings. The van der Waals surface area contributed by atoms with Crippen molar-refractivity contribution < 1.29 is 9.59 Å². The third kappa shape index (κ3) is 4.95. The Morgan fingerprint density at radius 1 is 1.17 bits per heavy atom. The quantitative estimate of drug-likeness (QED) is 0.758. The summed E-state index contributed by atoms with van der Waals surface area (Å²) in [5.74, 6) is -0.0728. The van der Waals surface area contributed by atoms with Crippen LogP contribution in [-0.4, -0.2) is 40.8 Å². The molecule has 2 aliphatic rings. The first-order valence-electron chi connectivity index (χ1n) is 10.9. The molecule has 1 saturated heterocycles. The smallest absolute Gasteiger partial charge is 0.225 e. The monoisotopic (exact) mass is 415 g/mol. The van der Waals surface area contributed by atoms with Crippen LogP contribution in [0, 0.1) is 5.92 Å². The summed E-state index contributed by atoms with van der Waals surface area (Å²) in [6.45, 7) is 1.16. The van der Waals surface area contributed by atoms with Crippen LogP contribution in [0.2, 0.25) is 5.02 Å². The van der Waals surface area contributed by atoms with Crippen molar-refractivity contribution in [3.63, 3.8) is 0 Å². The molecule has 2 heterocycles. The second-order valence-electron chi connectivity index (χ2n) is 8.55. The molecule has 156 valence electrons. The number of likely N-dealkylation sites (tertiary alicyclic amines) is 1. The number of hydrogen-bond acceptors (Lipinski definition) is 2. The average Bonchev–Trinajstić information content (AvgIpc) is 3.25. The highest BCUT2D eigenvalue weighted by Crippen LogP contribution is 2.25. The van der Waals surface area contributed by atoms with Gasteiger partial charge >= 0.3 is 0 Å². The maximum atomic E-state index is 12.7. The third-order valence-corrected chi connectivity index (χ3v) is 6.65. The SMILES string of the molecule is O=C(NC1CCCCCCC1)[C@@H]1CC(=O)N(CCc2c[nH]c3ccc(Cl)cc23)C1. The van der Waals surface area contributed by atoms with E-state index in [0.717, 1.165) is 35.7 Å². The van der Waals surface area contributed by atoms with E-state index < -0.39 is 0 Å². The highest BCUT2D eigenvalue weighted by Gasteiger charge is 2.34. The van der Waals surface area contributed by atoms with Crippen LogP contribution in [0.3, 0.4) is 0 Å². The van der Waals surface area contributed by atoms with E-state index in [0.29, 0.717) is 24.5 Å². The van der Waals surface area contributed by atoms with Crippen molar-refractivity contribution in [2.24, 2.45) is 5.92 Å². The lowest BCUT2D eigenvalue weighted by atomic mass is 9.96. The molecule has 0 bridgehead atoms. The molecule has 1 atom stereocenters. The average molecular weight is 416 g/mol. The number of H-pyrrole nitrogens is 1. The number of aromatic amines is 1. The standard InChI is InChI=1S/C23H30ClN3O2/c24-18-8-9-21-20(13-18)16(14-25-21)10-11-27-15-17(12-22(27)28)23(29)26-19-6-4-2-1-3-5-7-19/h8-9,13-14,17,19,25H,1-7,10-12,15H2,(H,26,29)/t17-/m1/s1. The highest BCUT2D eigenvalue weighted by atomic mass is 35.5. The van der Waals surface area contributed by atoms with Gasteiger partial charge in [0.15, 0.2) is 0 Å². The van der Waals surface area contributed by atoms with Gasteiger partial charge in [0.05, 0.1) is 5.92 Å². The number of benzene rings is 1. The zero-order valence-electron chi connectivity index (χ0n) is 16.9. The minimum Gasteiger partial charge on any atom is -0.361 e. The Balaban J connectivity index is 1.31. The van der Waals surface area contributed by atoms with E-state index in [2.05, 4.69) is 10.3 Å². The first-order chi connectivity index (χ1) is 14.1. The van der Waals surface area contributed by atoms with E-state index in [9.17, 15) is 9.59 Å². The molecule has 1 aromatic heterocycles. The molecule has 4 rings (SSSR count). The van der Waals surface area contributed by atoms with Gasteiger partial charge in [0.2, 0.25) is 11.8 Å². The van der Waals surface area contributed by atoms with E-state index in [4.69, 9.17) is 11.6 Å². The van der Waals surface area contributed by atoms with Gasteiger partial charge in [-0.3, -0.25) is 9.59 Å². The van der Waals surface area contributed by atoms with Crippen molar-refractivity contribution >= 4 is 34.3 Å². The van der Waals surface area contributed by atoms with Crippen molar-refractivity contribution in [1.82, 2.24) is 15.2 Å². The summed E-state index contributed by atoms with van der Waals surface area (Å²) in [5.41, 5.74) is 2.20. The summed E-state index contributed by atoms with van der Waals surface area (Å²) < 4.78 is 0. The Morgan fingerprint density at radius 3 is 2.72 bits per heavy atom. The normalized spacial score (nSPS) is 21.3. The predicted molar refractivity (Wildman–Crippen MR) is 116 cm³/mol.